The zero-order chi connectivity index (χ0) is 15.3. The molecule has 0 bridgehead atoms. The third-order valence-electron chi connectivity index (χ3n) is 2.62. The molecular formula is C13H15N3O3S2. The van der Waals surface area contributed by atoms with Crippen LogP contribution in [0, 0.1) is 11.8 Å². The average Bonchev–Trinajstić information content (AvgIpc) is 3.12. The molecule has 0 saturated carbocycles. The van der Waals surface area contributed by atoms with Crippen molar-refractivity contribution in [1.82, 2.24) is 14.7 Å². The molecule has 0 unspecified atom stereocenters. The fraction of sp³-hybridized carbons (Fsp3) is 0.308. The minimum Gasteiger partial charge on any atom is -0.384 e. The van der Waals surface area contributed by atoms with Crippen molar-refractivity contribution in [3.8, 4) is 11.8 Å². The molecule has 0 aromatic carbocycles. The first-order chi connectivity index (χ1) is 10.0. The van der Waals surface area contributed by atoms with Gasteiger partial charge in [0.25, 0.3) is 10.0 Å². The molecule has 0 spiro atoms. The Morgan fingerprint density at radius 3 is 2.95 bits per heavy atom. The van der Waals surface area contributed by atoms with E-state index in [1.165, 1.54) is 17.5 Å². The highest BCUT2D eigenvalue weighted by Gasteiger charge is 2.16. The lowest BCUT2D eigenvalue weighted by atomic mass is 10.4. The van der Waals surface area contributed by atoms with E-state index in [1.807, 2.05) is 6.92 Å². The highest BCUT2D eigenvalue weighted by atomic mass is 32.2. The molecule has 2 aromatic rings. The van der Waals surface area contributed by atoms with Crippen LogP contribution >= 0.6 is 11.3 Å². The van der Waals surface area contributed by atoms with Crippen molar-refractivity contribution in [1.29, 1.82) is 0 Å². The second kappa shape index (κ2) is 6.87. The SMILES string of the molecule is CCc1ncc(S(=O)(=O)NCc2ccc(C#CCO)s2)[nH]1. The Balaban J connectivity index is 2.03. The number of sulfonamides is 1. The Labute approximate surface area is 127 Å². The van der Waals surface area contributed by atoms with Crippen molar-refractivity contribution < 1.29 is 13.5 Å². The zero-order valence-corrected chi connectivity index (χ0v) is 13.0. The van der Waals surface area contributed by atoms with E-state index in [2.05, 4.69) is 26.5 Å². The van der Waals surface area contributed by atoms with Gasteiger partial charge in [-0.05, 0) is 12.1 Å². The molecule has 2 aromatic heterocycles. The number of rotatable bonds is 5. The van der Waals surface area contributed by atoms with Gasteiger partial charge < -0.3 is 10.1 Å². The third-order valence-corrected chi connectivity index (χ3v) is 4.93. The van der Waals surface area contributed by atoms with Gasteiger partial charge in [-0.2, -0.15) is 0 Å². The standard InChI is InChI=1S/C13H15N3O3S2/c1-2-12-14-9-13(16-12)21(18,19)15-8-11-6-5-10(20-11)4-3-7-17/h5-6,9,15,17H,2,7-8H2,1H3,(H,14,16). The van der Waals surface area contributed by atoms with E-state index >= 15 is 0 Å². The Bertz CT molecular complexity index is 766. The first-order valence-corrected chi connectivity index (χ1v) is 8.57. The average molecular weight is 325 g/mol. The maximum absolute atomic E-state index is 12.1. The summed E-state index contributed by atoms with van der Waals surface area (Å²) in [6.07, 6.45) is 1.96. The number of aryl methyl sites for hydroxylation is 1. The molecule has 0 aliphatic heterocycles. The quantitative estimate of drug-likeness (QED) is 0.711. The van der Waals surface area contributed by atoms with E-state index in [9.17, 15) is 8.42 Å². The number of hydrogen-bond acceptors (Lipinski definition) is 5. The van der Waals surface area contributed by atoms with Gasteiger partial charge >= 0.3 is 0 Å². The van der Waals surface area contributed by atoms with Crippen molar-refractivity contribution in [3.05, 3.63) is 33.9 Å². The lowest BCUT2D eigenvalue weighted by Gasteiger charge is -2.02. The topological polar surface area (TPSA) is 95.1 Å². The van der Waals surface area contributed by atoms with Gasteiger partial charge in [-0.1, -0.05) is 18.8 Å². The largest absolute Gasteiger partial charge is 0.384 e. The highest BCUT2D eigenvalue weighted by Crippen LogP contribution is 2.16. The molecule has 0 radical (unpaired) electrons. The molecule has 112 valence electrons. The van der Waals surface area contributed by atoms with Crippen molar-refractivity contribution >= 4 is 21.4 Å². The van der Waals surface area contributed by atoms with E-state index in [-0.39, 0.29) is 18.2 Å². The summed E-state index contributed by atoms with van der Waals surface area (Å²) >= 11 is 1.38. The lowest BCUT2D eigenvalue weighted by Crippen LogP contribution is -2.23. The summed E-state index contributed by atoms with van der Waals surface area (Å²) in [6.45, 7) is 1.89. The van der Waals surface area contributed by atoms with Crippen molar-refractivity contribution in [2.45, 2.75) is 24.9 Å². The highest BCUT2D eigenvalue weighted by molar-refractivity contribution is 7.89. The molecule has 2 heterocycles. The maximum atomic E-state index is 12.1. The number of nitrogens with zero attached hydrogens (tertiary/aromatic N) is 1. The lowest BCUT2D eigenvalue weighted by molar-refractivity contribution is 0.350. The predicted octanol–water partition coefficient (Wildman–Crippen LogP) is 0.856. The molecule has 0 saturated heterocycles. The smallest absolute Gasteiger partial charge is 0.257 e. The van der Waals surface area contributed by atoms with Gasteiger partial charge in [0.15, 0.2) is 5.03 Å². The summed E-state index contributed by atoms with van der Waals surface area (Å²) in [4.78, 5) is 8.37. The fourth-order valence-electron chi connectivity index (χ4n) is 1.57. The van der Waals surface area contributed by atoms with Gasteiger partial charge in [0.2, 0.25) is 0 Å². The Morgan fingerprint density at radius 2 is 2.29 bits per heavy atom. The van der Waals surface area contributed by atoms with Crippen LogP contribution in [0.25, 0.3) is 0 Å². The van der Waals surface area contributed by atoms with Gasteiger partial charge in [0.1, 0.15) is 12.4 Å². The van der Waals surface area contributed by atoms with Crippen molar-refractivity contribution in [3.63, 3.8) is 0 Å². The van der Waals surface area contributed by atoms with Crippen molar-refractivity contribution in [2.24, 2.45) is 0 Å². The molecule has 8 heteroatoms. The number of H-pyrrole nitrogens is 1. The minimum absolute atomic E-state index is 0.0659. The molecular weight excluding hydrogens is 310 g/mol. The van der Waals surface area contributed by atoms with Crippen LogP contribution in [0.1, 0.15) is 22.5 Å². The zero-order valence-electron chi connectivity index (χ0n) is 11.4. The first kappa shape index (κ1) is 15.7. The molecule has 0 aliphatic rings. The summed E-state index contributed by atoms with van der Waals surface area (Å²) in [7, 11) is -3.59. The second-order valence-electron chi connectivity index (χ2n) is 4.10. The third kappa shape index (κ3) is 4.15. The van der Waals surface area contributed by atoms with E-state index in [0.29, 0.717) is 12.2 Å². The van der Waals surface area contributed by atoms with Crippen LogP contribution in [-0.2, 0) is 23.0 Å². The van der Waals surface area contributed by atoms with E-state index < -0.39 is 10.0 Å². The number of aliphatic hydroxyl groups is 1. The summed E-state index contributed by atoms with van der Waals surface area (Å²) in [6, 6.07) is 3.60. The summed E-state index contributed by atoms with van der Waals surface area (Å²) in [5.41, 5.74) is 0. The molecule has 0 atom stereocenters. The molecule has 3 N–H and O–H groups in total. The van der Waals surface area contributed by atoms with Crippen LogP contribution in [0.5, 0.6) is 0 Å². The monoisotopic (exact) mass is 325 g/mol. The predicted molar refractivity (Wildman–Crippen MR) is 80.3 cm³/mol. The number of thiophene rings is 1. The number of hydrogen-bond donors (Lipinski definition) is 3. The summed E-state index contributed by atoms with van der Waals surface area (Å²) < 4.78 is 26.7. The minimum atomic E-state index is -3.59. The van der Waals surface area contributed by atoms with Gasteiger partial charge in [0.05, 0.1) is 11.1 Å². The Morgan fingerprint density at radius 1 is 1.48 bits per heavy atom. The van der Waals surface area contributed by atoms with Crippen LogP contribution < -0.4 is 4.72 Å². The van der Waals surface area contributed by atoms with Gasteiger partial charge in [-0.25, -0.2) is 18.1 Å². The number of imidazole rings is 1. The normalized spacial score (nSPS) is 11.1. The molecule has 0 amide bonds. The first-order valence-electron chi connectivity index (χ1n) is 6.27. The molecule has 0 fully saturated rings. The second-order valence-corrected chi connectivity index (χ2v) is 7.00. The number of aliphatic hydroxyl groups excluding tert-OH is 1. The van der Waals surface area contributed by atoms with E-state index in [0.717, 1.165) is 9.75 Å². The van der Waals surface area contributed by atoms with Gasteiger partial charge in [-0.3, -0.25) is 0 Å². The Kier molecular flexibility index (Phi) is 5.14. The van der Waals surface area contributed by atoms with E-state index in [1.54, 1.807) is 12.1 Å². The summed E-state index contributed by atoms with van der Waals surface area (Å²) in [5, 5.41) is 8.69. The molecule has 0 aliphatic carbocycles. The van der Waals surface area contributed by atoms with Gasteiger partial charge in [0, 0.05) is 17.8 Å². The number of aromatic nitrogens is 2. The van der Waals surface area contributed by atoms with Crippen LogP contribution in [0.2, 0.25) is 0 Å². The van der Waals surface area contributed by atoms with Crippen LogP contribution in [-0.4, -0.2) is 30.1 Å². The fourth-order valence-corrected chi connectivity index (χ4v) is 3.43. The molecule has 21 heavy (non-hydrogen) atoms. The van der Waals surface area contributed by atoms with Crippen LogP contribution in [0.4, 0.5) is 0 Å². The Hall–Kier alpha value is -1.66. The van der Waals surface area contributed by atoms with Crippen LogP contribution in [0.15, 0.2) is 23.4 Å². The van der Waals surface area contributed by atoms with Gasteiger partial charge in [-0.15, -0.1) is 11.3 Å². The van der Waals surface area contributed by atoms with E-state index in [4.69, 9.17) is 5.11 Å². The maximum Gasteiger partial charge on any atom is 0.257 e. The number of nitrogens with one attached hydrogen (secondary N) is 2. The number of aromatic amines is 1. The summed E-state index contributed by atoms with van der Waals surface area (Å²) in [5.74, 6) is 5.96. The molecule has 6 nitrogen and oxygen atoms in total. The van der Waals surface area contributed by atoms with Crippen molar-refractivity contribution in [2.75, 3.05) is 6.61 Å². The van der Waals surface area contributed by atoms with Crippen LogP contribution in [0.3, 0.4) is 0 Å². The molecule has 2 rings (SSSR count).